The van der Waals surface area contributed by atoms with E-state index in [1.165, 1.54) is 49.7 Å². The molecule has 1 nitrogen and oxygen atoms in total. The van der Waals surface area contributed by atoms with Gasteiger partial charge in [-0.15, -0.1) is 0 Å². The predicted octanol–water partition coefficient (Wildman–Crippen LogP) is 6.79. The van der Waals surface area contributed by atoms with E-state index in [1.54, 1.807) is 0 Å². The number of hydrogen-bond donors (Lipinski definition) is 0. The molecule has 1 heteroatoms. The van der Waals surface area contributed by atoms with Crippen molar-refractivity contribution in [2.75, 3.05) is 0 Å². The Bertz CT molecular complexity index is 865. The molecule has 0 radical (unpaired) electrons. The SMILES string of the molecule is CCCc1ccc([C@H]2CC[C@H](C#Cc3ccc(CCC)c(C#N)c3)CC2)cc1. The van der Waals surface area contributed by atoms with Gasteiger partial charge >= 0.3 is 0 Å². The van der Waals surface area contributed by atoms with Gasteiger partial charge in [-0.2, -0.15) is 5.26 Å². The molecule has 1 aliphatic rings. The van der Waals surface area contributed by atoms with Gasteiger partial charge in [0.05, 0.1) is 11.6 Å². The predicted molar refractivity (Wildman–Crippen MR) is 117 cm³/mol. The van der Waals surface area contributed by atoms with Crippen molar-refractivity contribution in [1.82, 2.24) is 0 Å². The third-order valence-corrected chi connectivity index (χ3v) is 5.89. The Kier molecular flexibility index (Phi) is 7.33. The van der Waals surface area contributed by atoms with E-state index in [4.69, 9.17) is 0 Å². The summed E-state index contributed by atoms with van der Waals surface area (Å²) in [6, 6.07) is 17.7. The molecule has 1 aliphatic carbocycles. The van der Waals surface area contributed by atoms with E-state index in [0.717, 1.165) is 29.5 Å². The maximum atomic E-state index is 9.37. The number of nitriles is 1. The van der Waals surface area contributed by atoms with Crippen LogP contribution in [-0.4, -0.2) is 0 Å². The first-order valence-corrected chi connectivity index (χ1v) is 10.9. The van der Waals surface area contributed by atoms with E-state index in [1.807, 2.05) is 6.07 Å². The lowest BCUT2D eigenvalue weighted by atomic mass is 9.78. The molecule has 0 bridgehead atoms. The molecule has 0 aliphatic heterocycles. The largest absolute Gasteiger partial charge is 0.192 e. The molecule has 0 heterocycles. The topological polar surface area (TPSA) is 23.8 Å². The summed E-state index contributed by atoms with van der Waals surface area (Å²) in [5.74, 6) is 7.98. The third-order valence-electron chi connectivity index (χ3n) is 5.89. The molecule has 144 valence electrons. The lowest BCUT2D eigenvalue weighted by Crippen LogP contribution is -2.12. The molecule has 0 unspecified atom stereocenters. The fourth-order valence-electron chi connectivity index (χ4n) is 4.25. The van der Waals surface area contributed by atoms with E-state index in [2.05, 4.69) is 68.2 Å². The smallest absolute Gasteiger partial charge is 0.0994 e. The molecule has 28 heavy (non-hydrogen) atoms. The zero-order valence-electron chi connectivity index (χ0n) is 17.3. The van der Waals surface area contributed by atoms with Crippen molar-refractivity contribution < 1.29 is 0 Å². The van der Waals surface area contributed by atoms with Gasteiger partial charge in [0, 0.05) is 11.5 Å². The van der Waals surface area contributed by atoms with Gasteiger partial charge in [0.15, 0.2) is 0 Å². The molecule has 0 atom stereocenters. The van der Waals surface area contributed by atoms with E-state index in [9.17, 15) is 5.26 Å². The highest BCUT2D eigenvalue weighted by molar-refractivity contribution is 5.46. The normalized spacial score (nSPS) is 18.8. The molecule has 3 rings (SSSR count). The summed E-state index contributed by atoms with van der Waals surface area (Å²) in [5, 5.41) is 9.37. The van der Waals surface area contributed by atoms with Crippen LogP contribution in [0.2, 0.25) is 0 Å². The number of nitrogens with zero attached hydrogens (tertiary/aromatic N) is 1. The molecular formula is C27H31N. The van der Waals surface area contributed by atoms with E-state index < -0.39 is 0 Å². The monoisotopic (exact) mass is 369 g/mol. The van der Waals surface area contributed by atoms with Crippen LogP contribution in [0.25, 0.3) is 0 Å². The lowest BCUT2D eigenvalue weighted by molar-refractivity contribution is 0.384. The molecular weight excluding hydrogens is 338 g/mol. The van der Waals surface area contributed by atoms with Crippen LogP contribution in [0.15, 0.2) is 42.5 Å². The highest BCUT2D eigenvalue weighted by Crippen LogP contribution is 2.35. The molecule has 1 saturated carbocycles. The van der Waals surface area contributed by atoms with Crippen molar-refractivity contribution in [1.29, 1.82) is 5.26 Å². The second-order valence-electron chi connectivity index (χ2n) is 8.04. The van der Waals surface area contributed by atoms with E-state index >= 15 is 0 Å². The van der Waals surface area contributed by atoms with Gasteiger partial charge in [0.25, 0.3) is 0 Å². The number of rotatable bonds is 5. The van der Waals surface area contributed by atoms with Crippen molar-refractivity contribution in [3.63, 3.8) is 0 Å². The Hall–Kier alpha value is -2.51. The van der Waals surface area contributed by atoms with E-state index in [0.29, 0.717) is 11.8 Å². The summed E-state index contributed by atoms with van der Waals surface area (Å²) in [4.78, 5) is 0. The second kappa shape index (κ2) is 10.1. The fraction of sp³-hybridized carbons (Fsp3) is 0.444. The second-order valence-corrected chi connectivity index (χ2v) is 8.04. The highest BCUT2D eigenvalue weighted by atomic mass is 14.3. The van der Waals surface area contributed by atoms with Crippen molar-refractivity contribution >= 4 is 0 Å². The summed E-state index contributed by atoms with van der Waals surface area (Å²) >= 11 is 0. The van der Waals surface area contributed by atoms with Crippen LogP contribution in [0.1, 0.15) is 86.1 Å². The zero-order chi connectivity index (χ0) is 19.8. The van der Waals surface area contributed by atoms with Gasteiger partial charge in [0.2, 0.25) is 0 Å². The molecule has 0 amide bonds. The van der Waals surface area contributed by atoms with Gasteiger partial charge < -0.3 is 0 Å². The maximum Gasteiger partial charge on any atom is 0.0994 e. The number of aryl methyl sites for hydroxylation is 2. The van der Waals surface area contributed by atoms with Crippen LogP contribution in [0, 0.1) is 29.1 Å². The summed E-state index contributed by atoms with van der Waals surface area (Å²) in [5.41, 5.74) is 5.85. The molecule has 1 fully saturated rings. The summed E-state index contributed by atoms with van der Waals surface area (Å²) in [6.45, 7) is 4.38. The first-order chi connectivity index (χ1) is 13.7. The Morgan fingerprint density at radius 1 is 0.893 bits per heavy atom. The molecule has 0 N–H and O–H groups in total. The minimum absolute atomic E-state index is 0.483. The molecule has 0 aromatic heterocycles. The molecule has 2 aromatic carbocycles. The summed E-state index contributed by atoms with van der Waals surface area (Å²) in [7, 11) is 0. The van der Waals surface area contributed by atoms with Crippen molar-refractivity contribution in [2.24, 2.45) is 5.92 Å². The van der Waals surface area contributed by atoms with Crippen LogP contribution in [0.3, 0.4) is 0 Å². The molecule has 2 aromatic rings. The van der Waals surface area contributed by atoms with Crippen LogP contribution in [-0.2, 0) is 12.8 Å². The highest BCUT2D eigenvalue weighted by Gasteiger charge is 2.21. The Morgan fingerprint density at radius 2 is 1.61 bits per heavy atom. The Balaban J connectivity index is 1.58. The van der Waals surface area contributed by atoms with Crippen molar-refractivity contribution in [3.05, 3.63) is 70.3 Å². The van der Waals surface area contributed by atoms with Crippen LogP contribution in [0.4, 0.5) is 0 Å². The van der Waals surface area contributed by atoms with Gasteiger partial charge in [0.1, 0.15) is 0 Å². The van der Waals surface area contributed by atoms with Gasteiger partial charge in [-0.05, 0) is 73.3 Å². The Labute approximate surface area is 170 Å². The summed E-state index contributed by atoms with van der Waals surface area (Å²) < 4.78 is 0. The average molecular weight is 370 g/mol. The van der Waals surface area contributed by atoms with Crippen molar-refractivity contribution in [2.45, 2.75) is 71.1 Å². The third kappa shape index (κ3) is 5.27. The van der Waals surface area contributed by atoms with E-state index in [-0.39, 0.29) is 0 Å². The Morgan fingerprint density at radius 3 is 2.25 bits per heavy atom. The van der Waals surface area contributed by atoms with Crippen LogP contribution >= 0.6 is 0 Å². The minimum atomic E-state index is 0.483. The van der Waals surface area contributed by atoms with Crippen LogP contribution in [0.5, 0.6) is 0 Å². The molecule has 0 spiro atoms. The lowest BCUT2D eigenvalue weighted by Gasteiger charge is -2.26. The van der Waals surface area contributed by atoms with Gasteiger partial charge in [-0.1, -0.05) is 68.9 Å². The first kappa shape index (κ1) is 20.2. The average Bonchev–Trinajstić information content (AvgIpc) is 2.74. The van der Waals surface area contributed by atoms with Crippen LogP contribution < -0.4 is 0 Å². The number of benzene rings is 2. The fourth-order valence-corrected chi connectivity index (χ4v) is 4.25. The summed E-state index contributed by atoms with van der Waals surface area (Å²) in [6.07, 6.45) is 9.21. The molecule has 0 saturated heterocycles. The quantitative estimate of drug-likeness (QED) is 0.532. The van der Waals surface area contributed by atoms with Crippen molar-refractivity contribution in [3.8, 4) is 17.9 Å². The van der Waals surface area contributed by atoms with Gasteiger partial charge in [-0.25, -0.2) is 0 Å². The zero-order valence-corrected chi connectivity index (χ0v) is 17.3. The van der Waals surface area contributed by atoms with Gasteiger partial charge in [-0.3, -0.25) is 0 Å². The first-order valence-electron chi connectivity index (χ1n) is 10.9. The maximum absolute atomic E-state index is 9.37. The minimum Gasteiger partial charge on any atom is -0.192 e. The number of hydrogen-bond acceptors (Lipinski definition) is 1. The standard InChI is InChI=1S/C27H31N/c1-3-5-21-9-14-25(15-10-21)26-16-11-22(12-17-26)7-8-23-13-18-24(6-4-2)27(19-23)20-28/h9-10,13-15,18-19,22,26H,3-6,11-12,16-17H2,1-2H3/t22-,26-.